The fraction of sp³-hybridized carbons (Fsp3) is 0.538. The normalized spacial score (nSPS) is 26.1. The Morgan fingerprint density at radius 2 is 1.42 bits per heavy atom. The van der Waals surface area contributed by atoms with Gasteiger partial charge in [0.15, 0.2) is 41.0 Å². The standard InChI is InChI=1S/C39H44N2O16/c1-19(42)50-17-31-35(53-20(2)43)36(54-21(3)44)37(55-22(4)45)39(57-31)56-30-13-23-26(16-27(30)48-5)38(47)41(8-6-7-40-9-11-49-12-10-40)33-24-14-28-29(52-18-51-28)15-25(24)34(46)32(23)33/h13-16,31-33,35-37,39H,6-12,17-18H2,1-5H3/t31-,32?,33?,35+,36+,37-,39-/m1/s1. The average Bonchev–Trinajstić information content (AvgIpc) is 3.74. The zero-order valence-electron chi connectivity index (χ0n) is 32.1. The maximum Gasteiger partial charge on any atom is 0.303 e. The van der Waals surface area contributed by atoms with Crippen LogP contribution >= 0.6 is 0 Å². The van der Waals surface area contributed by atoms with Crippen LogP contribution in [0.25, 0.3) is 0 Å². The number of benzene rings is 2. The second kappa shape index (κ2) is 16.6. The monoisotopic (exact) mass is 796 g/mol. The minimum absolute atomic E-state index is 0.00524. The molecule has 4 aliphatic heterocycles. The maximum atomic E-state index is 14.6. The van der Waals surface area contributed by atoms with Crippen LogP contribution in [0.15, 0.2) is 24.3 Å². The first-order chi connectivity index (χ1) is 27.3. The molecule has 0 radical (unpaired) electrons. The van der Waals surface area contributed by atoms with E-state index in [0.29, 0.717) is 54.4 Å². The van der Waals surface area contributed by atoms with E-state index in [0.717, 1.165) is 47.3 Å². The second-order valence-electron chi connectivity index (χ2n) is 14.2. The molecule has 306 valence electrons. The van der Waals surface area contributed by atoms with E-state index in [9.17, 15) is 28.8 Å². The molecule has 0 spiro atoms. The van der Waals surface area contributed by atoms with E-state index in [4.69, 9.17) is 47.4 Å². The van der Waals surface area contributed by atoms with Crippen LogP contribution in [-0.2, 0) is 47.6 Å². The van der Waals surface area contributed by atoms with Gasteiger partial charge < -0.3 is 52.3 Å². The van der Waals surface area contributed by atoms with Crippen molar-refractivity contribution in [3.8, 4) is 23.0 Å². The van der Waals surface area contributed by atoms with Gasteiger partial charge in [0.2, 0.25) is 19.2 Å². The van der Waals surface area contributed by atoms with Crippen molar-refractivity contribution in [3.63, 3.8) is 0 Å². The largest absolute Gasteiger partial charge is 0.493 e. The number of Topliss-reactive ketones (excluding diaryl/α,β-unsaturated/α-hetero) is 1. The molecule has 0 aromatic heterocycles. The third-order valence-electron chi connectivity index (χ3n) is 10.4. The Balaban J connectivity index is 1.28. The highest BCUT2D eigenvalue weighted by Crippen LogP contribution is 2.54. The summed E-state index contributed by atoms with van der Waals surface area (Å²) in [5.41, 5.74) is 1.58. The molecule has 7 rings (SSSR count). The molecule has 2 saturated heterocycles. The highest BCUT2D eigenvalue weighted by atomic mass is 16.7. The Bertz CT molecular complexity index is 1940. The van der Waals surface area contributed by atoms with Crippen LogP contribution in [0.4, 0.5) is 0 Å². The molecule has 7 atom stereocenters. The number of morpholine rings is 1. The summed E-state index contributed by atoms with van der Waals surface area (Å²) in [4.78, 5) is 82.0. The van der Waals surface area contributed by atoms with Crippen LogP contribution in [0.1, 0.15) is 77.9 Å². The van der Waals surface area contributed by atoms with Crippen molar-refractivity contribution in [1.82, 2.24) is 9.80 Å². The fourth-order valence-corrected chi connectivity index (χ4v) is 8.06. The van der Waals surface area contributed by atoms with Gasteiger partial charge in [-0.2, -0.15) is 0 Å². The van der Waals surface area contributed by atoms with E-state index in [1.807, 2.05) is 0 Å². The van der Waals surface area contributed by atoms with Crippen LogP contribution in [-0.4, -0.2) is 136 Å². The van der Waals surface area contributed by atoms with Gasteiger partial charge in [0.05, 0.1) is 32.3 Å². The Labute approximate surface area is 327 Å². The number of fused-ring (bicyclic) bond motifs is 6. The highest BCUT2D eigenvalue weighted by molar-refractivity contribution is 6.11. The summed E-state index contributed by atoms with van der Waals surface area (Å²) in [6, 6.07) is 5.69. The molecule has 0 N–H and O–H groups in total. The Morgan fingerprint density at radius 3 is 2.09 bits per heavy atom. The number of rotatable bonds is 12. The Morgan fingerprint density at radius 1 is 0.754 bits per heavy atom. The molecule has 2 aromatic carbocycles. The first-order valence-electron chi connectivity index (χ1n) is 18.6. The molecule has 2 aromatic rings. The van der Waals surface area contributed by atoms with E-state index in [-0.39, 0.29) is 35.5 Å². The zero-order valence-corrected chi connectivity index (χ0v) is 32.1. The molecule has 18 nitrogen and oxygen atoms in total. The lowest BCUT2D eigenvalue weighted by Gasteiger charge is -2.44. The van der Waals surface area contributed by atoms with Gasteiger partial charge in [-0.05, 0) is 41.8 Å². The van der Waals surface area contributed by atoms with Crippen LogP contribution in [0.5, 0.6) is 23.0 Å². The number of carbonyl (C=O) groups is 6. The number of carbonyl (C=O) groups excluding carboxylic acids is 6. The van der Waals surface area contributed by atoms with Crippen LogP contribution in [0.3, 0.4) is 0 Å². The van der Waals surface area contributed by atoms with Gasteiger partial charge in [0, 0.05) is 65.0 Å². The maximum absolute atomic E-state index is 14.6. The van der Waals surface area contributed by atoms with Crippen molar-refractivity contribution in [3.05, 3.63) is 46.5 Å². The minimum atomic E-state index is -1.60. The third kappa shape index (κ3) is 8.06. The quantitative estimate of drug-likeness (QED) is 0.223. The molecule has 0 saturated carbocycles. The summed E-state index contributed by atoms with van der Waals surface area (Å²) in [5.74, 6) is -3.62. The number of hydrogen-bond acceptors (Lipinski definition) is 17. The zero-order chi connectivity index (χ0) is 40.5. The molecular weight excluding hydrogens is 752 g/mol. The molecular formula is C39H44N2O16. The van der Waals surface area contributed by atoms with Gasteiger partial charge in [0.25, 0.3) is 5.91 Å². The lowest BCUT2D eigenvalue weighted by atomic mass is 9.82. The SMILES string of the molecule is COc1cc2c(cc1O[C@@H]1O[C@H](COC(C)=O)[C@H](OC(C)=O)[C@H](OC(C)=O)[C@H]1OC(C)=O)C1C(=O)c3cc4c(cc3C1N(CCCN1CCOCC1)C2=O)OCO4. The number of nitrogens with zero attached hydrogens (tertiary/aromatic N) is 2. The molecule has 57 heavy (non-hydrogen) atoms. The number of ether oxygens (including phenoxy) is 10. The molecule has 1 amide bonds. The molecule has 2 unspecified atom stereocenters. The van der Waals surface area contributed by atoms with Gasteiger partial charge in [-0.25, -0.2) is 0 Å². The number of methoxy groups -OCH3 is 1. The molecule has 18 heteroatoms. The smallest absolute Gasteiger partial charge is 0.303 e. The summed E-state index contributed by atoms with van der Waals surface area (Å²) in [7, 11) is 1.36. The van der Waals surface area contributed by atoms with E-state index in [1.54, 1.807) is 17.0 Å². The summed E-state index contributed by atoms with van der Waals surface area (Å²) in [6.07, 6.45) is -6.68. The molecule has 5 aliphatic rings. The van der Waals surface area contributed by atoms with Gasteiger partial charge in [-0.1, -0.05) is 0 Å². The van der Waals surface area contributed by atoms with Crippen molar-refractivity contribution in [1.29, 1.82) is 0 Å². The van der Waals surface area contributed by atoms with Crippen LogP contribution in [0, 0.1) is 0 Å². The first kappa shape index (κ1) is 39.8. The van der Waals surface area contributed by atoms with Gasteiger partial charge >= 0.3 is 23.9 Å². The van der Waals surface area contributed by atoms with E-state index >= 15 is 0 Å². The third-order valence-corrected chi connectivity index (χ3v) is 10.4. The highest BCUT2D eigenvalue weighted by Gasteiger charge is 2.55. The van der Waals surface area contributed by atoms with Crippen molar-refractivity contribution < 1.29 is 76.1 Å². The van der Waals surface area contributed by atoms with Crippen molar-refractivity contribution in [2.45, 2.75) is 76.8 Å². The van der Waals surface area contributed by atoms with Crippen molar-refractivity contribution in [2.75, 3.05) is 59.9 Å². The number of hydrogen-bond donors (Lipinski definition) is 0. The summed E-state index contributed by atoms with van der Waals surface area (Å²) < 4.78 is 56.9. The predicted molar refractivity (Wildman–Crippen MR) is 191 cm³/mol. The van der Waals surface area contributed by atoms with Crippen molar-refractivity contribution >= 4 is 35.6 Å². The first-order valence-corrected chi connectivity index (χ1v) is 18.6. The predicted octanol–water partition coefficient (Wildman–Crippen LogP) is 2.09. The van der Waals surface area contributed by atoms with Gasteiger partial charge in [-0.15, -0.1) is 0 Å². The fourth-order valence-electron chi connectivity index (χ4n) is 8.06. The van der Waals surface area contributed by atoms with Crippen LogP contribution < -0.4 is 18.9 Å². The van der Waals surface area contributed by atoms with Crippen molar-refractivity contribution in [2.24, 2.45) is 0 Å². The van der Waals surface area contributed by atoms with Gasteiger partial charge in [0.1, 0.15) is 12.7 Å². The van der Waals surface area contributed by atoms with E-state index in [2.05, 4.69) is 4.90 Å². The molecule has 0 bridgehead atoms. The van der Waals surface area contributed by atoms with Gasteiger partial charge in [-0.3, -0.25) is 33.7 Å². The van der Waals surface area contributed by atoms with Crippen LogP contribution in [0.2, 0.25) is 0 Å². The second-order valence-corrected chi connectivity index (χ2v) is 14.2. The van der Waals surface area contributed by atoms with E-state index < -0.39 is 73.1 Å². The minimum Gasteiger partial charge on any atom is -0.493 e. The lowest BCUT2D eigenvalue weighted by Crippen LogP contribution is -2.63. The Hall–Kier alpha value is -5.46. The number of ketones is 1. The summed E-state index contributed by atoms with van der Waals surface area (Å²) in [6.45, 7) is 7.96. The Kier molecular flexibility index (Phi) is 11.6. The number of amides is 1. The van der Waals surface area contributed by atoms with E-state index in [1.165, 1.54) is 19.2 Å². The number of esters is 4. The molecule has 2 fully saturated rings. The molecule has 1 aliphatic carbocycles. The average molecular weight is 797 g/mol. The summed E-state index contributed by atoms with van der Waals surface area (Å²) >= 11 is 0. The summed E-state index contributed by atoms with van der Waals surface area (Å²) in [5, 5.41) is 0. The topological polar surface area (TPSA) is 201 Å². The molecule has 4 heterocycles. The lowest BCUT2D eigenvalue weighted by molar-refractivity contribution is -0.288.